The van der Waals surface area contributed by atoms with Crippen molar-refractivity contribution in [3.63, 3.8) is 0 Å². The zero-order chi connectivity index (χ0) is 45.7. The van der Waals surface area contributed by atoms with E-state index in [4.69, 9.17) is 50.8 Å². The molecule has 0 spiro atoms. The number of amides is 1. The number of fused-ring (bicyclic) bond motifs is 8. The standard InChI is InChI=1S/C51H55N5O9S/c1-32(66)29-54(13-14-62-17-18-63-16-15-59-2)37-20-33(30-64-47-26-41-39(24-45(47)60-3)50(57)55-38(28-52-41)22-35-9-5-7-11-43(35)55)19-34(21-37)31-65-48-27-42-40(25-46(48)61-4)51(58)56-44-12-8-6-10-36(44)23-49(56)53-42/h5-12,19-21,24-27,32,38,52,66H,13-18,22-23,28-31H2,1-4H3/t32-,38-/m0/s1. The summed E-state index contributed by atoms with van der Waals surface area (Å²) in [5.74, 6) is 2.45. The molecule has 344 valence electrons. The minimum Gasteiger partial charge on any atom is -0.493 e. The molecule has 2 atom stereocenters. The van der Waals surface area contributed by atoms with Gasteiger partial charge in [0.2, 0.25) is 0 Å². The predicted octanol–water partition coefficient (Wildman–Crippen LogP) is 7.27. The number of nitrogens with one attached hydrogen (secondary N) is 1. The second-order valence-electron chi connectivity index (χ2n) is 16.7. The number of thiol groups is 1. The maximum atomic E-state index is 14.1. The van der Waals surface area contributed by atoms with Gasteiger partial charge in [-0.25, -0.2) is 4.98 Å². The SMILES string of the molecule is COCCOCCOCCN(C[C@H](C)S)c1cc(COc2cc3c(cc2OC)C(=O)N2c4ccccc4C[C@H]2CN3)cc(COc2cc3nc4n(c(=O)c3cc2OC)-c2ccccc2C4)c1. The van der Waals surface area contributed by atoms with Crippen LogP contribution in [0.2, 0.25) is 0 Å². The molecule has 3 aliphatic heterocycles. The molecule has 6 aromatic rings. The van der Waals surface area contributed by atoms with Gasteiger partial charge in [0, 0.05) is 61.9 Å². The molecule has 3 aliphatic rings. The number of hydrogen-bond acceptors (Lipinski definition) is 13. The molecule has 0 bridgehead atoms. The van der Waals surface area contributed by atoms with E-state index in [1.54, 1.807) is 44.1 Å². The van der Waals surface area contributed by atoms with Gasteiger partial charge in [0.05, 0.1) is 81.1 Å². The van der Waals surface area contributed by atoms with Crippen LogP contribution in [-0.2, 0) is 40.3 Å². The number of methoxy groups -OCH3 is 3. The van der Waals surface area contributed by atoms with Crippen LogP contribution in [0.1, 0.15) is 45.4 Å². The van der Waals surface area contributed by atoms with E-state index in [0.717, 1.165) is 40.2 Å². The Labute approximate surface area is 389 Å². The fraction of sp³-hybridized carbons (Fsp3) is 0.353. The first-order valence-corrected chi connectivity index (χ1v) is 22.8. The number of ether oxygens (including phenoxy) is 7. The van der Waals surface area contributed by atoms with Crippen molar-refractivity contribution in [1.29, 1.82) is 0 Å². The Morgan fingerprint density at radius 1 is 0.773 bits per heavy atom. The van der Waals surface area contributed by atoms with Gasteiger partial charge in [-0.2, -0.15) is 12.6 Å². The number of para-hydroxylation sites is 2. The number of anilines is 3. The minimum absolute atomic E-state index is 0.00356. The van der Waals surface area contributed by atoms with Crippen LogP contribution < -0.4 is 39.6 Å². The summed E-state index contributed by atoms with van der Waals surface area (Å²) in [6.45, 7) is 6.72. The van der Waals surface area contributed by atoms with Gasteiger partial charge >= 0.3 is 0 Å². The summed E-state index contributed by atoms with van der Waals surface area (Å²) in [6, 6.07) is 29.3. The number of hydrogen-bond donors (Lipinski definition) is 2. The van der Waals surface area contributed by atoms with Crippen molar-refractivity contribution < 1.29 is 38.0 Å². The molecular weight excluding hydrogens is 859 g/mol. The van der Waals surface area contributed by atoms with Crippen LogP contribution in [-0.4, -0.2) is 101 Å². The minimum atomic E-state index is -0.150. The third-order valence-electron chi connectivity index (χ3n) is 12.1. The lowest BCUT2D eigenvalue weighted by molar-refractivity contribution is 0.0265. The molecular formula is C51H55N5O9S. The Bertz CT molecular complexity index is 2800. The maximum absolute atomic E-state index is 14.1. The molecule has 0 radical (unpaired) electrons. The average molecular weight is 914 g/mol. The number of nitrogens with zero attached hydrogens (tertiary/aromatic N) is 4. The lowest BCUT2D eigenvalue weighted by Crippen LogP contribution is -2.39. The molecule has 0 saturated heterocycles. The molecule has 0 saturated carbocycles. The highest BCUT2D eigenvalue weighted by Gasteiger charge is 2.38. The van der Waals surface area contributed by atoms with E-state index in [-0.39, 0.29) is 36.0 Å². The first kappa shape index (κ1) is 44.9. The number of rotatable bonds is 20. The van der Waals surface area contributed by atoms with Crippen molar-refractivity contribution in [3.05, 3.63) is 135 Å². The lowest BCUT2D eigenvalue weighted by Gasteiger charge is -2.28. The van der Waals surface area contributed by atoms with E-state index in [1.807, 2.05) is 59.5 Å². The van der Waals surface area contributed by atoms with Crippen LogP contribution in [0.5, 0.6) is 23.0 Å². The molecule has 4 heterocycles. The average Bonchev–Trinajstić information content (AvgIpc) is 3.86. The van der Waals surface area contributed by atoms with Gasteiger partial charge in [0.15, 0.2) is 23.0 Å². The topological polar surface area (TPSA) is 135 Å². The molecule has 5 aromatic carbocycles. The largest absolute Gasteiger partial charge is 0.493 e. The van der Waals surface area contributed by atoms with Crippen molar-refractivity contribution in [3.8, 4) is 28.7 Å². The molecule has 9 rings (SSSR count). The normalized spacial score (nSPS) is 15.0. The number of benzene rings is 5. The van der Waals surface area contributed by atoms with Crippen LogP contribution >= 0.6 is 12.6 Å². The Morgan fingerprint density at radius 3 is 2.17 bits per heavy atom. The number of carbonyl (C=O) groups is 1. The highest BCUT2D eigenvalue weighted by Crippen LogP contribution is 2.41. The zero-order valence-electron chi connectivity index (χ0n) is 37.7. The van der Waals surface area contributed by atoms with Gasteiger partial charge in [0.25, 0.3) is 11.5 Å². The molecule has 0 fully saturated rings. The van der Waals surface area contributed by atoms with Gasteiger partial charge in [-0.3, -0.25) is 14.2 Å². The highest BCUT2D eigenvalue weighted by atomic mass is 32.1. The van der Waals surface area contributed by atoms with Crippen LogP contribution in [0.4, 0.5) is 17.1 Å². The van der Waals surface area contributed by atoms with Crippen LogP contribution in [0.15, 0.2) is 95.8 Å². The summed E-state index contributed by atoms with van der Waals surface area (Å²) in [7, 11) is 4.79. The molecule has 15 heteroatoms. The molecule has 66 heavy (non-hydrogen) atoms. The van der Waals surface area contributed by atoms with Gasteiger partial charge in [0.1, 0.15) is 19.0 Å². The van der Waals surface area contributed by atoms with Crippen molar-refractivity contribution in [2.45, 2.75) is 44.3 Å². The van der Waals surface area contributed by atoms with E-state index < -0.39 is 0 Å². The Hall–Kier alpha value is -6.26. The van der Waals surface area contributed by atoms with Crippen molar-refractivity contribution >= 4 is 46.5 Å². The lowest BCUT2D eigenvalue weighted by atomic mass is 10.1. The fourth-order valence-corrected chi connectivity index (χ4v) is 9.24. The Kier molecular flexibility index (Phi) is 13.7. The van der Waals surface area contributed by atoms with Crippen molar-refractivity contribution in [2.75, 3.05) is 89.1 Å². The van der Waals surface area contributed by atoms with Crippen molar-refractivity contribution in [1.82, 2.24) is 9.55 Å². The highest BCUT2D eigenvalue weighted by molar-refractivity contribution is 7.81. The van der Waals surface area contributed by atoms with E-state index in [0.29, 0.717) is 110 Å². The summed E-state index contributed by atoms with van der Waals surface area (Å²) in [5, 5.41) is 4.03. The van der Waals surface area contributed by atoms with E-state index >= 15 is 0 Å². The van der Waals surface area contributed by atoms with Crippen LogP contribution in [0.3, 0.4) is 0 Å². The molecule has 1 amide bonds. The van der Waals surface area contributed by atoms with E-state index in [9.17, 15) is 9.59 Å². The monoisotopic (exact) mass is 913 g/mol. The first-order chi connectivity index (χ1) is 32.2. The molecule has 14 nitrogen and oxygen atoms in total. The van der Waals surface area contributed by atoms with Gasteiger partial charge in [-0.05, 0) is 71.1 Å². The molecule has 1 N–H and O–H groups in total. The fourth-order valence-electron chi connectivity index (χ4n) is 9.04. The summed E-state index contributed by atoms with van der Waals surface area (Å²) < 4.78 is 43.1. The molecule has 0 unspecified atom stereocenters. The summed E-state index contributed by atoms with van der Waals surface area (Å²) in [5.41, 5.74) is 8.31. The van der Waals surface area contributed by atoms with Gasteiger partial charge in [-0.1, -0.05) is 43.3 Å². The van der Waals surface area contributed by atoms with Gasteiger partial charge < -0.3 is 48.3 Å². The Balaban J connectivity index is 0.989. The summed E-state index contributed by atoms with van der Waals surface area (Å²) >= 11 is 4.78. The number of aromatic nitrogens is 2. The maximum Gasteiger partial charge on any atom is 0.266 e. The second kappa shape index (κ2) is 20.1. The summed E-state index contributed by atoms with van der Waals surface area (Å²) in [6.07, 6.45) is 1.35. The summed E-state index contributed by atoms with van der Waals surface area (Å²) in [4.78, 5) is 37.0. The van der Waals surface area contributed by atoms with Crippen LogP contribution in [0, 0.1) is 0 Å². The predicted molar refractivity (Wildman–Crippen MR) is 258 cm³/mol. The smallest absolute Gasteiger partial charge is 0.266 e. The molecule has 0 aliphatic carbocycles. The van der Waals surface area contributed by atoms with Gasteiger partial charge in [-0.15, -0.1) is 0 Å². The molecule has 1 aromatic heterocycles. The zero-order valence-corrected chi connectivity index (χ0v) is 38.6. The second-order valence-corrected chi connectivity index (χ2v) is 17.6. The van der Waals surface area contributed by atoms with Crippen molar-refractivity contribution in [2.24, 2.45) is 0 Å². The first-order valence-electron chi connectivity index (χ1n) is 22.3. The van der Waals surface area contributed by atoms with E-state index in [1.165, 1.54) is 5.56 Å². The Morgan fingerprint density at radius 2 is 1.44 bits per heavy atom. The number of carbonyl (C=O) groups excluding carboxylic acids is 1. The third-order valence-corrected chi connectivity index (χ3v) is 12.3. The third kappa shape index (κ3) is 9.38. The quantitative estimate of drug-likeness (QED) is 0.0589. The van der Waals surface area contributed by atoms with Crippen LogP contribution in [0.25, 0.3) is 16.6 Å². The van der Waals surface area contributed by atoms with E-state index in [2.05, 4.69) is 35.3 Å².